The van der Waals surface area contributed by atoms with Gasteiger partial charge in [-0.15, -0.1) is 0 Å². The molecule has 5 heteroatoms. The summed E-state index contributed by atoms with van der Waals surface area (Å²) in [5.41, 5.74) is 0.722. The van der Waals surface area contributed by atoms with Crippen LogP contribution in [0, 0.1) is 0 Å². The zero-order valence-corrected chi connectivity index (χ0v) is 12.1. The molecule has 0 aliphatic heterocycles. The average Bonchev–Trinajstić information content (AvgIpc) is 3.24. The second-order valence-electron chi connectivity index (χ2n) is 4.73. The van der Waals surface area contributed by atoms with E-state index in [1.165, 1.54) is 12.8 Å². The maximum absolute atomic E-state index is 11.8. The second-order valence-corrected chi connectivity index (χ2v) is 4.73. The fraction of sp³-hybridized carbons (Fsp3) is 0.533. The van der Waals surface area contributed by atoms with Crippen LogP contribution in [0.5, 0.6) is 11.5 Å². The maximum atomic E-state index is 11.8. The molecule has 0 unspecified atom stereocenters. The number of carbonyl (C=O) groups excluding carboxylic acids is 1. The van der Waals surface area contributed by atoms with Crippen LogP contribution in [0.25, 0.3) is 0 Å². The zero-order valence-electron chi connectivity index (χ0n) is 12.1. The number of nitrogens with one attached hydrogen (secondary N) is 2. The molecule has 0 bridgehead atoms. The highest BCUT2D eigenvalue weighted by Crippen LogP contribution is 2.30. The highest BCUT2D eigenvalue weighted by atomic mass is 16.5. The van der Waals surface area contributed by atoms with E-state index in [0.29, 0.717) is 37.3 Å². The topological polar surface area (TPSA) is 59.6 Å². The van der Waals surface area contributed by atoms with E-state index in [1.807, 2.05) is 26.0 Å². The van der Waals surface area contributed by atoms with Crippen molar-refractivity contribution >= 4 is 11.6 Å². The Balaban J connectivity index is 1.95. The summed E-state index contributed by atoms with van der Waals surface area (Å²) in [4.78, 5) is 11.8. The van der Waals surface area contributed by atoms with Gasteiger partial charge in [-0.25, -0.2) is 0 Å². The molecular formula is C15H22N2O3. The summed E-state index contributed by atoms with van der Waals surface area (Å²) in [5.74, 6) is 1.31. The lowest BCUT2D eigenvalue weighted by atomic mass is 10.2. The Morgan fingerprint density at radius 3 is 2.55 bits per heavy atom. The minimum absolute atomic E-state index is 0.0384. The normalized spacial score (nSPS) is 13.9. The van der Waals surface area contributed by atoms with Gasteiger partial charge in [-0.3, -0.25) is 4.79 Å². The molecule has 0 heterocycles. The lowest BCUT2D eigenvalue weighted by molar-refractivity contribution is -0.115. The zero-order chi connectivity index (χ0) is 14.4. The summed E-state index contributed by atoms with van der Waals surface area (Å²) in [5, 5.41) is 6.04. The van der Waals surface area contributed by atoms with Crippen molar-refractivity contribution in [2.45, 2.75) is 32.7 Å². The van der Waals surface area contributed by atoms with Crippen molar-refractivity contribution in [3.63, 3.8) is 0 Å². The molecule has 1 amide bonds. The van der Waals surface area contributed by atoms with Gasteiger partial charge in [0.1, 0.15) is 0 Å². The van der Waals surface area contributed by atoms with E-state index in [-0.39, 0.29) is 5.91 Å². The SMILES string of the molecule is CCOc1ccc(NC(=O)CNC2CC2)cc1OCC. The average molecular weight is 278 g/mol. The van der Waals surface area contributed by atoms with Crippen LogP contribution in [0.3, 0.4) is 0 Å². The van der Waals surface area contributed by atoms with Crippen molar-refractivity contribution in [1.82, 2.24) is 5.32 Å². The summed E-state index contributed by atoms with van der Waals surface area (Å²) in [6, 6.07) is 5.96. The van der Waals surface area contributed by atoms with Crippen LogP contribution in [0.1, 0.15) is 26.7 Å². The summed E-state index contributed by atoms with van der Waals surface area (Å²) >= 11 is 0. The van der Waals surface area contributed by atoms with Crippen LogP contribution in [0.2, 0.25) is 0 Å². The number of rotatable bonds is 8. The Kier molecular flexibility index (Phi) is 5.24. The predicted octanol–water partition coefficient (Wildman–Crippen LogP) is 2.17. The number of amides is 1. The van der Waals surface area contributed by atoms with Gasteiger partial charge in [0.05, 0.1) is 19.8 Å². The molecule has 1 fully saturated rings. The molecule has 20 heavy (non-hydrogen) atoms. The first kappa shape index (κ1) is 14.7. The van der Waals surface area contributed by atoms with Crippen LogP contribution in [-0.2, 0) is 4.79 Å². The van der Waals surface area contributed by atoms with E-state index in [1.54, 1.807) is 6.07 Å². The summed E-state index contributed by atoms with van der Waals surface area (Å²) in [6.07, 6.45) is 2.34. The molecule has 0 atom stereocenters. The molecule has 2 rings (SSSR count). The van der Waals surface area contributed by atoms with Crippen LogP contribution in [0.15, 0.2) is 18.2 Å². The summed E-state index contributed by atoms with van der Waals surface area (Å²) in [6.45, 7) is 5.33. The minimum Gasteiger partial charge on any atom is -0.490 e. The molecule has 5 nitrogen and oxygen atoms in total. The van der Waals surface area contributed by atoms with Crippen molar-refractivity contribution in [3.05, 3.63) is 18.2 Å². The fourth-order valence-corrected chi connectivity index (χ4v) is 1.86. The summed E-state index contributed by atoms with van der Waals surface area (Å²) < 4.78 is 11.0. The monoisotopic (exact) mass is 278 g/mol. The van der Waals surface area contributed by atoms with Crippen LogP contribution in [-0.4, -0.2) is 31.7 Å². The standard InChI is InChI=1S/C15H22N2O3/c1-3-19-13-8-7-12(9-14(13)20-4-2)17-15(18)10-16-11-5-6-11/h7-9,11,16H,3-6,10H2,1-2H3,(H,17,18). The lowest BCUT2D eigenvalue weighted by Gasteiger charge is -2.13. The third-order valence-electron chi connectivity index (χ3n) is 2.96. The van der Waals surface area contributed by atoms with Crippen LogP contribution < -0.4 is 20.1 Å². The van der Waals surface area contributed by atoms with E-state index in [9.17, 15) is 4.79 Å². The first-order chi connectivity index (χ1) is 9.72. The molecule has 0 saturated heterocycles. The Hall–Kier alpha value is -1.75. The number of carbonyl (C=O) groups is 1. The molecule has 1 aromatic carbocycles. The highest BCUT2D eigenvalue weighted by molar-refractivity contribution is 5.92. The molecule has 0 spiro atoms. The second kappa shape index (κ2) is 7.14. The first-order valence-corrected chi connectivity index (χ1v) is 7.15. The van der Waals surface area contributed by atoms with Crippen molar-refractivity contribution in [2.24, 2.45) is 0 Å². The Morgan fingerprint density at radius 1 is 1.20 bits per heavy atom. The van der Waals surface area contributed by atoms with Gasteiger partial charge in [-0.2, -0.15) is 0 Å². The minimum atomic E-state index is -0.0384. The molecule has 1 aromatic rings. The number of ether oxygens (including phenoxy) is 2. The highest BCUT2D eigenvalue weighted by Gasteiger charge is 2.21. The van der Waals surface area contributed by atoms with Crippen molar-refractivity contribution < 1.29 is 14.3 Å². The van der Waals surface area contributed by atoms with Gasteiger partial charge >= 0.3 is 0 Å². The first-order valence-electron chi connectivity index (χ1n) is 7.15. The largest absolute Gasteiger partial charge is 0.490 e. The molecule has 1 saturated carbocycles. The summed E-state index contributed by atoms with van der Waals surface area (Å²) in [7, 11) is 0. The number of hydrogen-bond donors (Lipinski definition) is 2. The van der Waals surface area contributed by atoms with Gasteiger partial charge in [0.25, 0.3) is 0 Å². The number of anilines is 1. The van der Waals surface area contributed by atoms with E-state index >= 15 is 0 Å². The van der Waals surface area contributed by atoms with E-state index in [0.717, 1.165) is 5.69 Å². The molecule has 2 N–H and O–H groups in total. The van der Waals surface area contributed by atoms with Gasteiger partial charge in [0.15, 0.2) is 11.5 Å². The number of benzene rings is 1. The predicted molar refractivity (Wildman–Crippen MR) is 78.4 cm³/mol. The molecule has 0 aromatic heterocycles. The van der Waals surface area contributed by atoms with Gasteiger partial charge < -0.3 is 20.1 Å². The van der Waals surface area contributed by atoms with Gasteiger partial charge in [-0.1, -0.05) is 0 Å². The van der Waals surface area contributed by atoms with Crippen molar-refractivity contribution in [3.8, 4) is 11.5 Å². The lowest BCUT2D eigenvalue weighted by Crippen LogP contribution is -2.29. The molecule has 110 valence electrons. The molecular weight excluding hydrogens is 256 g/mol. The Labute approximate surface area is 119 Å². The smallest absolute Gasteiger partial charge is 0.238 e. The van der Waals surface area contributed by atoms with E-state index in [2.05, 4.69) is 10.6 Å². The van der Waals surface area contributed by atoms with Crippen LogP contribution in [0.4, 0.5) is 5.69 Å². The Bertz CT molecular complexity index is 458. The van der Waals surface area contributed by atoms with Crippen molar-refractivity contribution in [1.29, 1.82) is 0 Å². The van der Waals surface area contributed by atoms with Gasteiger partial charge in [-0.05, 0) is 38.8 Å². The molecule has 1 aliphatic carbocycles. The third kappa shape index (κ3) is 4.42. The van der Waals surface area contributed by atoms with Crippen LogP contribution >= 0.6 is 0 Å². The van der Waals surface area contributed by atoms with Crippen molar-refractivity contribution in [2.75, 3.05) is 25.1 Å². The van der Waals surface area contributed by atoms with Gasteiger partial charge in [0.2, 0.25) is 5.91 Å². The molecule has 0 radical (unpaired) electrons. The molecule has 1 aliphatic rings. The maximum Gasteiger partial charge on any atom is 0.238 e. The number of hydrogen-bond acceptors (Lipinski definition) is 4. The van der Waals surface area contributed by atoms with E-state index < -0.39 is 0 Å². The van der Waals surface area contributed by atoms with Gasteiger partial charge in [0, 0.05) is 17.8 Å². The third-order valence-corrected chi connectivity index (χ3v) is 2.96. The quantitative estimate of drug-likeness (QED) is 0.765. The van der Waals surface area contributed by atoms with E-state index in [4.69, 9.17) is 9.47 Å². The fourth-order valence-electron chi connectivity index (χ4n) is 1.86. The Morgan fingerprint density at radius 2 is 1.90 bits per heavy atom.